The summed E-state index contributed by atoms with van der Waals surface area (Å²) in [4.78, 5) is 14.5. The third kappa shape index (κ3) is 0.762. The van der Waals surface area contributed by atoms with E-state index in [4.69, 9.17) is 0 Å². The van der Waals surface area contributed by atoms with Gasteiger partial charge in [-0.25, -0.2) is 0 Å². The second-order valence-corrected chi connectivity index (χ2v) is 6.03. The number of piperidine rings is 1. The SMILES string of the molecule is Cc1cc2c(s1)C13CC1CNC3=CC2=O. The van der Waals surface area contributed by atoms with Gasteiger partial charge in [-0.2, -0.15) is 0 Å². The third-order valence-corrected chi connectivity index (χ3v) is 5.15. The summed E-state index contributed by atoms with van der Waals surface area (Å²) in [5.74, 6) is 0.934. The summed E-state index contributed by atoms with van der Waals surface area (Å²) < 4.78 is 0. The number of fused-ring (bicyclic) bond motifs is 1. The van der Waals surface area contributed by atoms with Crippen LogP contribution in [0.1, 0.15) is 26.5 Å². The first-order valence-electron chi connectivity index (χ1n) is 5.33. The summed E-state index contributed by atoms with van der Waals surface area (Å²) in [6.07, 6.45) is 3.06. The number of hydrogen-bond acceptors (Lipinski definition) is 3. The average Bonchev–Trinajstić information content (AvgIpc) is 2.59. The van der Waals surface area contributed by atoms with Crippen LogP contribution >= 0.6 is 11.3 Å². The molecule has 0 amide bonds. The number of hydrogen-bond donors (Lipinski definition) is 1. The van der Waals surface area contributed by atoms with Crippen LogP contribution in [0.3, 0.4) is 0 Å². The molecule has 0 bridgehead atoms. The fraction of sp³-hybridized carbons (Fsp3) is 0.417. The van der Waals surface area contributed by atoms with E-state index in [0.717, 1.165) is 18.0 Å². The van der Waals surface area contributed by atoms with Gasteiger partial charge in [0.05, 0.1) is 5.41 Å². The molecular weight excluding hydrogens is 206 g/mol. The molecule has 76 valence electrons. The van der Waals surface area contributed by atoms with E-state index >= 15 is 0 Å². The smallest absolute Gasteiger partial charge is 0.188 e. The van der Waals surface area contributed by atoms with Crippen LogP contribution in [-0.4, -0.2) is 12.3 Å². The van der Waals surface area contributed by atoms with Crippen molar-refractivity contribution >= 4 is 17.1 Å². The Morgan fingerprint density at radius 2 is 2.47 bits per heavy atom. The van der Waals surface area contributed by atoms with Gasteiger partial charge < -0.3 is 5.32 Å². The van der Waals surface area contributed by atoms with E-state index < -0.39 is 0 Å². The molecule has 4 rings (SSSR count). The van der Waals surface area contributed by atoms with Crippen molar-refractivity contribution in [3.05, 3.63) is 33.2 Å². The van der Waals surface area contributed by atoms with E-state index in [1.54, 1.807) is 0 Å². The molecule has 2 nitrogen and oxygen atoms in total. The van der Waals surface area contributed by atoms with E-state index in [-0.39, 0.29) is 11.2 Å². The summed E-state index contributed by atoms with van der Waals surface area (Å²) in [5.41, 5.74) is 2.39. The number of aryl methyl sites for hydroxylation is 1. The van der Waals surface area contributed by atoms with Gasteiger partial charge in [0.2, 0.25) is 0 Å². The zero-order chi connectivity index (χ0) is 10.2. The Hall–Kier alpha value is -1.09. The third-order valence-electron chi connectivity index (χ3n) is 3.93. The molecule has 1 saturated carbocycles. The number of carbonyl (C=O) groups is 1. The predicted octanol–water partition coefficient (Wildman–Crippen LogP) is 2.00. The lowest BCUT2D eigenvalue weighted by molar-refractivity contribution is 0.104. The highest BCUT2D eigenvalue weighted by Gasteiger charge is 2.64. The van der Waals surface area contributed by atoms with Crippen LogP contribution in [0.4, 0.5) is 0 Å². The molecule has 15 heavy (non-hydrogen) atoms. The van der Waals surface area contributed by atoms with Crippen molar-refractivity contribution in [3.63, 3.8) is 0 Å². The standard InChI is InChI=1S/C12H11NOS/c1-6-2-8-9(14)3-10-12(11(8)15-6)4-7(12)5-13-10/h2-3,7,13H,4-5H2,1H3. The van der Waals surface area contributed by atoms with Crippen molar-refractivity contribution in [1.29, 1.82) is 0 Å². The number of nitrogens with one attached hydrogen (secondary N) is 1. The number of carbonyl (C=O) groups excluding carboxylic acids is 1. The molecule has 2 fully saturated rings. The first-order chi connectivity index (χ1) is 7.22. The average molecular weight is 217 g/mol. The Morgan fingerprint density at radius 3 is 3.27 bits per heavy atom. The highest BCUT2D eigenvalue weighted by Crippen LogP contribution is 2.65. The molecule has 3 heteroatoms. The zero-order valence-corrected chi connectivity index (χ0v) is 9.28. The normalized spacial score (nSPS) is 35.1. The highest BCUT2D eigenvalue weighted by atomic mass is 32.1. The Kier molecular flexibility index (Phi) is 1.18. The van der Waals surface area contributed by atoms with Gasteiger partial charge in [-0.15, -0.1) is 11.3 Å². The minimum Gasteiger partial charge on any atom is -0.387 e. The maximum absolute atomic E-state index is 11.9. The molecule has 1 aromatic heterocycles. The van der Waals surface area contributed by atoms with Crippen LogP contribution in [0.2, 0.25) is 0 Å². The fourth-order valence-electron chi connectivity index (χ4n) is 3.11. The lowest BCUT2D eigenvalue weighted by atomic mass is 9.89. The summed E-state index contributed by atoms with van der Waals surface area (Å²) in [5, 5.41) is 3.38. The molecule has 0 aromatic carbocycles. The van der Waals surface area contributed by atoms with E-state index in [0.29, 0.717) is 0 Å². The first kappa shape index (κ1) is 8.11. The number of rotatable bonds is 0. The quantitative estimate of drug-likeness (QED) is 0.720. The van der Waals surface area contributed by atoms with Gasteiger partial charge in [0.25, 0.3) is 0 Å². The van der Waals surface area contributed by atoms with Gasteiger partial charge in [0, 0.05) is 33.6 Å². The van der Waals surface area contributed by atoms with Gasteiger partial charge in [-0.05, 0) is 25.3 Å². The molecule has 2 unspecified atom stereocenters. The number of thiophene rings is 1. The lowest BCUT2D eigenvalue weighted by Gasteiger charge is -2.20. The summed E-state index contributed by atoms with van der Waals surface area (Å²) in [6, 6.07) is 2.05. The molecule has 2 aliphatic carbocycles. The van der Waals surface area contributed by atoms with E-state index in [9.17, 15) is 4.79 Å². The summed E-state index contributed by atoms with van der Waals surface area (Å²) in [6.45, 7) is 3.14. The van der Waals surface area contributed by atoms with Gasteiger partial charge >= 0.3 is 0 Å². The van der Waals surface area contributed by atoms with Crippen LogP contribution < -0.4 is 5.32 Å². The van der Waals surface area contributed by atoms with Crippen molar-refractivity contribution < 1.29 is 4.79 Å². The molecule has 1 saturated heterocycles. The van der Waals surface area contributed by atoms with Crippen molar-refractivity contribution in [3.8, 4) is 0 Å². The van der Waals surface area contributed by atoms with E-state index in [2.05, 4.69) is 18.3 Å². The molecule has 2 heterocycles. The molecule has 1 N–H and O–H groups in total. The number of ketones is 1. The van der Waals surface area contributed by atoms with Crippen molar-refractivity contribution in [2.75, 3.05) is 6.54 Å². The van der Waals surface area contributed by atoms with Gasteiger partial charge in [0.15, 0.2) is 5.78 Å². The Labute approximate surface area is 92.0 Å². The van der Waals surface area contributed by atoms with Crippen LogP contribution in [-0.2, 0) is 5.41 Å². The first-order valence-corrected chi connectivity index (χ1v) is 6.15. The Bertz CT molecular complexity index is 528. The molecule has 2 atom stereocenters. The van der Waals surface area contributed by atoms with Gasteiger partial charge in [-0.3, -0.25) is 4.79 Å². The van der Waals surface area contributed by atoms with Crippen LogP contribution in [0.15, 0.2) is 17.8 Å². The second kappa shape index (κ2) is 2.19. The summed E-state index contributed by atoms with van der Waals surface area (Å²) >= 11 is 1.81. The van der Waals surface area contributed by atoms with Crippen molar-refractivity contribution in [2.24, 2.45) is 5.92 Å². The summed E-state index contributed by atoms with van der Waals surface area (Å²) in [7, 11) is 0. The molecule has 1 aromatic rings. The molecule has 0 radical (unpaired) electrons. The maximum atomic E-state index is 11.9. The Morgan fingerprint density at radius 1 is 1.60 bits per heavy atom. The molecule has 1 aliphatic heterocycles. The highest BCUT2D eigenvalue weighted by molar-refractivity contribution is 7.12. The minimum absolute atomic E-state index is 0.190. The maximum Gasteiger partial charge on any atom is 0.188 e. The van der Waals surface area contributed by atoms with E-state index in [1.807, 2.05) is 17.4 Å². The topological polar surface area (TPSA) is 29.1 Å². The fourth-order valence-corrected chi connectivity index (χ4v) is 4.42. The van der Waals surface area contributed by atoms with E-state index in [1.165, 1.54) is 21.9 Å². The van der Waals surface area contributed by atoms with Gasteiger partial charge in [0.1, 0.15) is 0 Å². The zero-order valence-electron chi connectivity index (χ0n) is 8.46. The van der Waals surface area contributed by atoms with Gasteiger partial charge in [-0.1, -0.05) is 0 Å². The second-order valence-electron chi connectivity index (χ2n) is 4.78. The largest absolute Gasteiger partial charge is 0.387 e. The van der Waals surface area contributed by atoms with Crippen molar-refractivity contribution in [1.82, 2.24) is 5.32 Å². The minimum atomic E-state index is 0.190. The van der Waals surface area contributed by atoms with Crippen LogP contribution in [0.25, 0.3) is 0 Å². The van der Waals surface area contributed by atoms with Crippen molar-refractivity contribution in [2.45, 2.75) is 18.8 Å². The molecule has 1 spiro atoms. The monoisotopic (exact) mass is 217 g/mol. The lowest BCUT2D eigenvalue weighted by Crippen LogP contribution is -2.23. The predicted molar refractivity (Wildman–Crippen MR) is 59.3 cm³/mol. The molecule has 3 aliphatic rings. The number of allylic oxidation sites excluding steroid dienone is 2. The Balaban J connectivity index is 2.03. The molecular formula is C12H11NOS. The van der Waals surface area contributed by atoms with Crippen LogP contribution in [0, 0.1) is 12.8 Å². The van der Waals surface area contributed by atoms with Crippen LogP contribution in [0.5, 0.6) is 0 Å².